The SMILES string of the molecule is NCCn1cc(-c2nc(N3CCCC3)no2)nn1. The van der Waals surface area contributed by atoms with Crippen molar-refractivity contribution in [3.8, 4) is 11.6 Å². The molecule has 2 aromatic heterocycles. The van der Waals surface area contributed by atoms with Crippen molar-refractivity contribution >= 4 is 5.95 Å². The van der Waals surface area contributed by atoms with E-state index in [0.717, 1.165) is 13.1 Å². The summed E-state index contributed by atoms with van der Waals surface area (Å²) in [5.41, 5.74) is 6.03. The van der Waals surface area contributed by atoms with Gasteiger partial charge in [-0.05, 0) is 18.0 Å². The Bertz CT molecular complexity index is 514. The lowest BCUT2D eigenvalue weighted by molar-refractivity contribution is 0.428. The van der Waals surface area contributed by atoms with Crippen molar-refractivity contribution in [2.75, 3.05) is 24.5 Å². The summed E-state index contributed by atoms with van der Waals surface area (Å²) in [6, 6.07) is 0. The van der Waals surface area contributed by atoms with E-state index in [4.69, 9.17) is 10.3 Å². The smallest absolute Gasteiger partial charge is 0.281 e. The van der Waals surface area contributed by atoms with Crippen LogP contribution >= 0.6 is 0 Å². The van der Waals surface area contributed by atoms with Crippen molar-refractivity contribution in [1.82, 2.24) is 25.1 Å². The lowest BCUT2D eigenvalue weighted by atomic mass is 10.4. The van der Waals surface area contributed by atoms with Crippen LogP contribution < -0.4 is 10.6 Å². The minimum Gasteiger partial charge on any atom is -0.338 e. The molecule has 96 valence electrons. The zero-order chi connectivity index (χ0) is 12.4. The molecule has 3 rings (SSSR count). The maximum atomic E-state index is 5.45. The van der Waals surface area contributed by atoms with E-state index in [0.29, 0.717) is 30.6 Å². The van der Waals surface area contributed by atoms with E-state index in [1.54, 1.807) is 10.9 Å². The van der Waals surface area contributed by atoms with Gasteiger partial charge in [-0.2, -0.15) is 4.98 Å². The average Bonchev–Trinajstić information content (AvgIpc) is 3.10. The molecule has 0 amide bonds. The van der Waals surface area contributed by atoms with Crippen LogP contribution in [-0.2, 0) is 6.54 Å². The molecule has 0 saturated carbocycles. The molecule has 1 aliphatic heterocycles. The van der Waals surface area contributed by atoms with Gasteiger partial charge in [0.05, 0.1) is 12.7 Å². The Morgan fingerprint density at radius 2 is 2.17 bits per heavy atom. The summed E-state index contributed by atoms with van der Waals surface area (Å²) in [6.07, 6.45) is 4.11. The van der Waals surface area contributed by atoms with Crippen LogP contribution in [0.3, 0.4) is 0 Å². The molecule has 2 N–H and O–H groups in total. The molecule has 8 heteroatoms. The Kier molecular flexibility index (Phi) is 2.93. The normalized spacial score (nSPS) is 15.5. The fraction of sp³-hybridized carbons (Fsp3) is 0.600. The van der Waals surface area contributed by atoms with Gasteiger partial charge in [0.25, 0.3) is 11.8 Å². The highest BCUT2D eigenvalue weighted by Crippen LogP contribution is 2.20. The third-order valence-corrected chi connectivity index (χ3v) is 2.92. The summed E-state index contributed by atoms with van der Waals surface area (Å²) >= 11 is 0. The van der Waals surface area contributed by atoms with Crippen LogP contribution in [0.2, 0.25) is 0 Å². The van der Waals surface area contributed by atoms with Crippen LogP contribution in [0.25, 0.3) is 11.6 Å². The first-order valence-corrected chi connectivity index (χ1v) is 6.06. The second-order valence-electron chi connectivity index (χ2n) is 4.25. The minimum atomic E-state index is 0.403. The zero-order valence-electron chi connectivity index (χ0n) is 9.99. The summed E-state index contributed by atoms with van der Waals surface area (Å²) in [7, 11) is 0. The molecule has 0 atom stereocenters. The quantitative estimate of drug-likeness (QED) is 0.806. The Hall–Kier alpha value is -1.96. The average molecular weight is 249 g/mol. The first kappa shape index (κ1) is 11.1. The van der Waals surface area contributed by atoms with E-state index < -0.39 is 0 Å². The Morgan fingerprint density at radius 3 is 2.94 bits per heavy atom. The van der Waals surface area contributed by atoms with Crippen LogP contribution in [0, 0.1) is 0 Å². The maximum absolute atomic E-state index is 5.45. The molecule has 2 aromatic rings. The highest BCUT2D eigenvalue weighted by molar-refractivity contribution is 5.47. The van der Waals surface area contributed by atoms with Gasteiger partial charge >= 0.3 is 0 Å². The number of nitrogens with two attached hydrogens (primary N) is 1. The Balaban J connectivity index is 1.78. The second kappa shape index (κ2) is 4.73. The Morgan fingerprint density at radius 1 is 1.33 bits per heavy atom. The molecule has 1 fully saturated rings. The third-order valence-electron chi connectivity index (χ3n) is 2.92. The van der Waals surface area contributed by atoms with Gasteiger partial charge in [0, 0.05) is 19.6 Å². The molecule has 18 heavy (non-hydrogen) atoms. The number of nitrogens with zero attached hydrogens (tertiary/aromatic N) is 6. The van der Waals surface area contributed by atoms with Crippen LogP contribution in [0.4, 0.5) is 5.95 Å². The monoisotopic (exact) mass is 249 g/mol. The topological polar surface area (TPSA) is 98.9 Å². The second-order valence-corrected chi connectivity index (χ2v) is 4.25. The van der Waals surface area contributed by atoms with Crippen molar-refractivity contribution in [2.45, 2.75) is 19.4 Å². The van der Waals surface area contributed by atoms with E-state index >= 15 is 0 Å². The first-order chi connectivity index (χ1) is 8.86. The fourth-order valence-corrected chi connectivity index (χ4v) is 2.00. The van der Waals surface area contributed by atoms with Gasteiger partial charge in [0.2, 0.25) is 0 Å². The molecule has 1 aliphatic rings. The maximum Gasteiger partial charge on any atom is 0.281 e. The van der Waals surface area contributed by atoms with Gasteiger partial charge in [-0.15, -0.1) is 5.10 Å². The summed E-state index contributed by atoms with van der Waals surface area (Å²) in [4.78, 5) is 6.45. The Labute approximate surface area is 104 Å². The van der Waals surface area contributed by atoms with E-state index in [1.165, 1.54) is 12.8 Å². The molecular formula is C10H15N7O. The molecule has 0 bridgehead atoms. The molecule has 0 spiro atoms. The van der Waals surface area contributed by atoms with Crippen LogP contribution in [-0.4, -0.2) is 44.8 Å². The summed E-state index contributed by atoms with van der Waals surface area (Å²) in [5.74, 6) is 1.04. The first-order valence-electron chi connectivity index (χ1n) is 6.06. The van der Waals surface area contributed by atoms with Crippen molar-refractivity contribution in [2.24, 2.45) is 5.73 Å². The minimum absolute atomic E-state index is 0.403. The van der Waals surface area contributed by atoms with Gasteiger partial charge in [-0.25, -0.2) is 0 Å². The van der Waals surface area contributed by atoms with E-state index in [9.17, 15) is 0 Å². The molecule has 0 aromatic carbocycles. The van der Waals surface area contributed by atoms with Crippen LogP contribution in [0.15, 0.2) is 10.7 Å². The van der Waals surface area contributed by atoms with E-state index in [-0.39, 0.29) is 0 Å². The highest BCUT2D eigenvalue weighted by Gasteiger charge is 2.19. The summed E-state index contributed by atoms with van der Waals surface area (Å²) in [6.45, 7) is 3.11. The molecule has 1 saturated heterocycles. The predicted molar refractivity (Wildman–Crippen MR) is 63.8 cm³/mol. The van der Waals surface area contributed by atoms with Crippen LogP contribution in [0.5, 0.6) is 0 Å². The van der Waals surface area contributed by atoms with Gasteiger partial charge in [0.15, 0.2) is 5.69 Å². The summed E-state index contributed by atoms with van der Waals surface area (Å²) < 4.78 is 6.87. The van der Waals surface area contributed by atoms with Gasteiger partial charge in [-0.1, -0.05) is 5.21 Å². The molecule has 0 aliphatic carbocycles. The summed E-state index contributed by atoms with van der Waals surface area (Å²) in [5, 5.41) is 11.9. The zero-order valence-corrected chi connectivity index (χ0v) is 9.99. The molecular weight excluding hydrogens is 234 g/mol. The van der Waals surface area contributed by atoms with Gasteiger partial charge in [-0.3, -0.25) is 4.68 Å². The number of hydrogen-bond donors (Lipinski definition) is 1. The van der Waals surface area contributed by atoms with E-state index in [2.05, 4.69) is 25.4 Å². The van der Waals surface area contributed by atoms with Crippen molar-refractivity contribution in [3.63, 3.8) is 0 Å². The van der Waals surface area contributed by atoms with Crippen LogP contribution in [0.1, 0.15) is 12.8 Å². The largest absolute Gasteiger partial charge is 0.338 e. The lowest BCUT2D eigenvalue weighted by Gasteiger charge is -2.09. The fourth-order valence-electron chi connectivity index (χ4n) is 2.00. The van der Waals surface area contributed by atoms with Crippen molar-refractivity contribution in [3.05, 3.63) is 6.20 Å². The molecule has 3 heterocycles. The number of rotatable bonds is 4. The van der Waals surface area contributed by atoms with Crippen molar-refractivity contribution in [1.29, 1.82) is 0 Å². The standard InChI is InChI=1S/C10H15N7O/c11-3-6-17-7-8(13-15-17)9-12-10(14-18-9)16-4-1-2-5-16/h7H,1-6,11H2. The molecule has 8 nitrogen and oxygen atoms in total. The predicted octanol–water partition coefficient (Wildman–Crippen LogP) is -0.113. The van der Waals surface area contributed by atoms with Crippen molar-refractivity contribution < 1.29 is 4.52 Å². The molecule has 0 unspecified atom stereocenters. The molecule has 0 radical (unpaired) electrons. The lowest BCUT2D eigenvalue weighted by Crippen LogP contribution is -2.18. The number of aromatic nitrogens is 5. The number of anilines is 1. The highest BCUT2D eigenvalue weighted by atomic mass is 16.5. The van der Waals surface area contributed by atoms with Gasteiger partial charge in [0.1, 0.15) is 0 Å². The van der Waals surface area contributed by atoms with Gasteiger partial charge < -0.3 is 15.2 Å². The number of hydrogen-bond acceptors (Lipinski definition) is 7. The van der Waals surface area contributed by atoms with E-state index in [1.807, 2.05) is 0 Å². The third kappa shape index (κ3) is 2.06.